The van der Waals surface area contributed by atoms with Crippen molar-refractivity contribution < 1.29 is 23.9 Å². The molecule has 154 valence electrons. The smallest absolute Gasteiger partial charge is 0.329 e. The van der Waals surface area contributed by atoms with Gasteiger partial charge in [0.1, 0.15) is 11.8 Å². The molecule has 2 N–H and O–H groups in total. The molecule has 8 heteroatoms. The summed E-state index contributed by atoms with van der Waals surface area (Å²) in [5.74, 6) is -1.37. The average molecular weight is 419 g/mol. The molecule has 0 aliphatic rings. The van der Waals surface area contributed by atoms with Crippen LogP contribution in [0.15, 0.2) is 54.6 Å². The lowest BCUT2D eigenvalue weighted by Gasteiger charge is -2.20. The van der Waals surface area contributed by atoms with Gasteiger partial charge >= 0.3 is 5.97 Å². The van der Waals surface area contributed by atoms with Gasteiger partial charge in [0.2, 0.25) is 0 Å². The molecule has 0 bridgehead atoms. The van der Waals surface area contributed by atoms with Crippen molar-refractivity contribution in [1.82, 2.24) is 5.32 Å². The molecule has 0 saturated carbocycles. The van der Waals surface area contributed by atoms with Crippen molar-refractivity contribution in [3.05, 3.63) is 59.6 Å². The first kappa shape index (κ1) is 22.2. The minimum atomic E-state index is -0.902. The van der Waals surface area contributed by atoms with Gasteiger partial charge in [-0.2, -0.15) is 0 Å². The van der Waals surface area contributed by atoms with Crippen LogP contribution in [0.1, 0.15) is 13.8 Å². The van der Waals surface area contributed by atoms with Gasteiger partial charge in [0.15, 0.2) is 13.2 Å². The molecule has 0 aliphatic heterocycles. The molecule has 0 unspecified atom stereocenters. The van der Waals surface area contributed by atoms with Crippen molar-refractivity contribution in [2.24, 2.45) is 5.92 Å². The molecule has 2 rings (SSSR count). The Hall–Kier alpha value is -3.06. The third-order valence-electron chi connectivity index (χ3n) is 3.80. The van der Waals surface area contributed by atoms with E-state index in [9.17, 15) is 14.4 Å². The molecular weight excluding hydrogens is 396 g/mol. The number of hydrogen-bond donors (Lipinski definition) is 2. The maximum atomic E-state index is 12.3. The van der Waals surface area contributed by atoms with Gasteiger partial charge in [-0.05, 0) is 36.2 Å². The van der Waals surface area contributed by atoms with Crippen LogP contribution in [0.4, 0.5) is 5.69 Å². The van der Waals surface area contributed by atoms with Crippen LogP contribution in [0.25, 0.3) is 0 Å². The van der Waals surface area contributed by atoms with Gasteiger partial charge in [0.25, 0.3) is 11.8 Å². The molecule has 2 amide bonds. The second kappa shape index (κ2) is 11.1. The van der Waals surface area contributed by atoms with E-state index in [0.29, 0.717) is 16.5 Å². The minimum absolute atomic E-state index is 0.237. The van der Waals surface area contributed by atoms with Crippen molar-refractivity contribution in [3.8, 4) is 5.75 Å². The van der Waals surface area contributed by atoms with E-state index in [4.69, 9.17) is 21.1 Å². The highest BCUT2D eigenvalue weighted by atomic mass is 35.5. The van der Waals surface area contributed by atoms with Crippen LogP contribution < -0.4 is 15.4 Å². The Morgan fingerprint density at radius 1 is 0.966 bits per heavy atom. The van der Waals surface area contributed by atoms with Crippen LogP contribution in [-0.4, -0.2) is 37.0 Å². The number of para-hydroxylation sites is 1. The lowest BCUT2D eigenvalue weighted by Crippen LogP contribution is -2.47. The first-order chi connectivity index (χ1) is 13.8. The molecule has 29 heavy (non-hydrogen) atoms. The monoisotopic (exact) mass is 418 g/mol. The molecule has 0 saturated heterocycles. The second-order valence-corrected chi connectivity index (χ2v) is 6.99. The van der Waals surface area contributed by atoms with E-state index >= 15 is 0 Å². The third kappa shape index (κ3) is 7.83. The molecule has 0 spiro atoms. The van der Waals surface area contributed by atoms with Crippen molar-refractivity contribution in [3.63, 3.8) is 0 Å². The van der Waals surface area contributed by atoms with Crippen LogP contribution in [0.5, 0.6) is 5.75 Å². The number of hydrogen-bond acceptors (Lipinski definition) is 5. The zero-order valence-electron chi connectivity index (χ0n) is 16.2. The number of nitrogens with one attached hydrogen (secondary N) is 2. The number of carbonyl (C=O) groups excluding carboxylic acids is 3. The Balaban J connectivity index is 1.81. The van der Waals surface area contributed by atoms with E-state index in [-0.39, 0.29) is 12.5 Å². The molecular formula is C21H23ClN2O5. The highest BCUT2D eigenvalue weighted by molar-refractivity contribution is 6.30. The summed E-state index contributed by atoms with van der Waals surface area (Å²) >= 11 is 5.86. The van der Waals surface area contributed by atoms with Crippen molar-refractivity contribution >= 4 is 35.1 Å². The van der Waals surface area contributed by atoms with E-state index in [1.165, 1.54) is 0 Å². The van der Waals surface area contributed by atoms with Crippen molar-refractivity contribution in [2.75, 3.05) is 18.5 Å². The Morgan fingerprint density at radius 3 is 2.34 bits per heavy atom. The molecule has 0 heterocycles. The van der Waals surface area contributed by atoms with Crippen LogP contribution in [0, 0.1) is 5.92 Å². The lowest BCUT2D eigenvalue weighted by molar-refractivity contribution is -0.152. The Kier molecular flexibility index (Phi) is 8.48. The number of halogens is 1. The summed E-state index contributed by atoms with van der Waals surface area (Å²) in [6.07, 6.45) is 0. The number of ether oxygens (including phenoxy) is 2. The van der Waals surface area contributed by atoms with E-state index in [1.807, 2.05) is 6.07 Å². The predicted octanol–water partition coefficient (Wildman–Crippen LogP) is 3.04. The van der Waals surface area contributed by atoms with Crippen LogP contribution in [0.2, 0.25) is 5.02 Å². The predicted molar refractivity (Wildman–Crippen MR) is 110 cm³/mol. The summed E-state index contributed by atoms with van der Waals surface area (Å²) in [6.45, 7) is 2.80. The summed E-state index contributed by atoms with van der Waals surface area (Å²) in [5, 5.41) is 5.63. The Labute approximate surface area is 174 Å². The first-order valence-electron chi connectivity index (χ1n) is 9.04. The summed E-state index contributed by atoms with van der Waals surface area (Å²) in [5.41, 5.74) is 0.491. The summed E-state index contributed by atoms with van der Waals surface area (Å²) < 4.78 is 10.4. The van der Waals surface area contributed by atoms with Gasteiger partial charge in [-0.15, -0.1) is 0 Å². The molecule has 0 aliphatic carbocycles. The fourth-order valence-corrected chi connectivity index (χ4v) is 2.56. The zero-order valence-corrected chi connectivity index (χ0v) is 16.9. The molecule has 0 fully saturated rings. The van der Waals surface area contributed by atoms with Gasteiger partial charge in [-0.25, -0.2) is 4.79 Å². The van der Waals surface area contributed by atoms with Crippen LogP contribution in [0.3, 0.4) is 0 Å². The zero-order chi connectivity index (χ0) is 21.2. The number of rotatable bonds is 9. The largest absolute Gasteiger partial charge is 0.484 e. The molecule has 2 aromatic rings. The van der Waals surface area contributed by atoms with E-state index < -0.39 is 30.4 Å². The number of amides is 2. The average Bonchev–Trinajstić information content (AvgIpc) is 2.69. The lowest BCUT2D eigenvalue weighted by atomic mass is 10.0. The van der Waals surface area contributed by atoms with E-state index in [1.54, 1.807) is 62.4 Å². The van der Waals surface area contributed by atoms with Crippen molar-refractivity contribution in [1.29, 1.82) is 0 Å². The minimum Gasteiger partial charge on any atom is -0.484 e. The van der Waals surface area contributed by atoms with Crippen molar-refractivity contribution in [2.45, 2.75) is 19.9 Å². The second-order valence-electron chi connectivity index (χ2n) is 6.56. The van der Waals surface area contributed by atoms with Gasteiger partial charge in [-0.1, -0.05) is 49.7 Å². The summed E-state index contributed by atoms with van der Waals surface area (Å²) in [4.78, 5) is 36.4. The molecule has 0 radical (unpaired) electrons. The molecule has 2 aromatic carbocycles. The van der Waals surface area contributed by atoms with Gasteiger partial charge in [-0.3, -0.25) is 9.59 Å². The Bertz CT molecular complexity index is 842. The number of benzene rings is 2. The fourth-order valence-electron chi connectivity index (χ4n) is 2.37. The number of anilines is 1. The topological polar surface area (TPSA) is 93.7 Å². The number of carbonyl (C=O) groups is 3. The van der Waals surface area contributed by atoms with Crippen LogP contribution >= 0.6 is 11.6 Å². The molecule has 0 aromatic heterocycles. The molecule has 7 nitrogen and oxygen atoms in total. The Morgan fingerprint density at radius 2 is 1.69 bits per heavy atom. The summed E-state index contributed by atoms with van der Waals surface area (Å²) in [6, 6.07) is 14.5. The maximum absolute atomic E-state index is 12.3. The maximum Gasteiger partial charge on any atom is 0.329 e. The number of esters is 1. The van der Waals surface area contributed by atoms with Gasteiger partial charge in [0.05, 0.1) is 0 Å². The van der Waals surface area contributed by atoms with Gasteiger partial charge < -0.3 is 20.1 Å². The highest BCUT2D eigenvalue weighted by Crippen LogP contribution is 2.14. The third-order valence-corrected chi connectivity index (χ3v) is 4.04. The van der Waals surface area contributed by atoms with Gasteiger partial charge in [0, 0.05) is 10.7 Å². The van der Waals surface area contributed by atoms with E-state index in [2.05, 4.69) is 10.6 Å². The fraction of sp³-hybridized carbons (Fsp3) is 0.286. The standard InChI is InChI=1S/C21H23ClN2O5/c1-14(2)20(24-19(26)12-28-17-9-4-3-5-10-17)21(27)29-13-18(25)23-16-8-6-7-15(22)11-16/h3-11,14,20H,12-13H2,1-2H3,(H,23,25)(H,24,26)/t20-/m0/s1. The van der Waals surface area contributed by atoms with Crippen LogP contribution in [-0.2, 0) is 19.1 Å². The van der Waals surface area contributed by atoms with E-state index in [0.717, 1.165) is 0 Å². The first-order valence-corrected chi connectivity index (χ1v) is 9.42. The summed E-state index contributed by atoms with van der Waals surface area (Å²) in [7, 11) is 0. The normalized spacial score (nSPS) is 11.4. The quantitative estimate of drug-likeness (QED) is 0.610. The highest BCUT2D eigenvalue weighted by Gasteiger charge is 2.26. The SMILES string of the molecule is CC(C)[C@H](NC(=O)COc1ccccc1)C(=O)OCC(=O)Nc1cccc(Cl)c1. The molecule has 1 atom stereocenters.